The quantitative estimate of drug-likeness (QED) is 0.624. The third-order valence-corrected chi connectivity index (χ3v) is 5.44. The Bertz CT molecular complexity index is 637. The Morgan fingerprint density at radius 2 is 1.71 bits per heavy atom. The zero-order chi connectivity index (χ0) is 14.8. The highest BCUT2D eigenvalue weighted by molar-refractivity contribution is 9.10. The molecule has 0 aliphatic heterocycles. The summed E-state index contributed by atoms with van der Waals surface area (Å²) in [6.07, 6.45) is 5.58. The molecule has 2 nitrogen and oxygen atoms in total. The van der Waals surface area contributed by atoms with Crippen molar-refractivity contribution in [1.29, 1.82) is 0 Å². The van der Waals surface area contributed by atoms with E-state index in [9.17, 15) is 0 Å². The van der Waals surface area contributed by atoms with E-state index in [-0.39, 0.29) is 0 Å². The summed E-state index contributed by atoms with van der Waals surface area (Å²) in [4.78, 5) is 9.15. The predicted molar refractivity (Wildman–Crippen MR) is 90.2 cm³/mol. The van der Waals surface area contributed by atoms with Gasteiger partial charge in [-0.1, -0.05) is 48.2 Å². The van der Waals surface area contributed by atoms with Gasteiger partial charge in [0, 0.05) is 17.4 Å². The molecule has 0 amide bonds. The molecule has 21 heavy (non-hydrogen) atoms. The Morgan fingerprint density at radius 1 is 1.05 bits per heavy atom. The SMILES string of the molecule is Clc1ccc(Cc2nc(Cl)c(Br)c(C3CCCC3)n2)cc1. The van der Waals surface area contributed by atoms with Crippen LogP contribution in [0.15, 0.2) is 28.7 Å². The fraction of sp³-hybridized carbons (Fsp3) is 0.375. The smallest absolute Gasteiger partial charge is 0.147 e. The minimum Gasteiger partial charge on any atom is -0.236 e. The molecule has 1 aliphatic rings. The van der Waals surface area contributed by atoms with Crippen molar-refractivity contribution in [2.45, 2.75) is 38.0 Å². The van der Waals surface area contributed by atoms with Crippen molar-refractivity contribution in [3.8, 4) is 0 Å². The van der Waals surface area contributed by atoms with E-state index in [2.05, 4.69) is 20.9 Å². The van der Waals surface area contributed by atoms with Gasteiger partial charge in [-0.3, -0.25) is 0 Å². The molecule has 1 aromatic carbocycles. The van der Waals surface area contributed by atoms with Crippen LogP contribution in [0.25, 0.3) is 0 Å². The summed E-state index contributed by atoms with van der Waals surface area (Å²) in [7, 11) is 0. The molecule has 3 rings (SSSR count). The second kappa shape index (κ2) is 6.64. The average molecular weight is 386 g/mol. The Balaban J connectivity index is 1.90. The third kappa shape index (κ3) is 3.58. The number of rotatable bonds is 3. The summed E-state index contributed by atoms with van der Waals surface area (Å²) < 4.78 is 0.857. The van der Waals surface area contributed by atoms with E-state index in [1.165, 1.54) is 25.7 Å². The maximum atomic E-state index is 6.27. The summed E-state index contributed by atoms with van der Waals surface area (Å²) in [5, 5.41) is 1.25. The van der Waals surface area contributed by atoms with E-state index >= 15 is 0 Å². The zero-order valence-electron chi connectivity index (χ0n) is 11.5. The molecular weight excluding hydrogens is 371 g/mol. The van der Waals surface area contributed by atoms with Crippen LogP contribution in [0.4, 0.5) is 0 Å². The molecular formula is C16H15BrCl2N2. The lowest BCUT2D eigenvalue weighted by atomic mass is 10.0. The first-order chi connectivity index (χ1) is 10.1. The van der Waals surface area contributed by atoms with Gasteiger partial charge in [0.05, 0.1) is 10.2 Å². The van der Waals surface area contributed by atoms with Gasteiger partial charge in [0.2, 0.25) is 0 Å². The van der Waals surface area contributed by atoms with E-state index in [1.54, 1.807) is 0 Å². The van der Waals surface area contributed by atoms with Crippen LogP contribution in [0, 0.1) is 0 Å². The molecule has 0 saturated heterocycles. The second-order valence-electron chi connectivity index (χ2n) is 5.41. The van der Waals surface area contributed by atoms with Crippen molar-refractivity contribution in [2.24, 2.45) is 0 Å². The zero-order valence-corrected chi connectivity index (χ0v) is 14.5. The van der Waals surface area contributed by atoms with Crippen LogP contribution in [-0.2, 0) is 6.42 Å². The molecule has 1 aromatic heterocycles. The standard InChI is InChI=1S/C16H15BrCl2N2/c17-14-15(11-3-1-2-4-11)20-13(21-16(14)19)9-10-5-7-12(18)8-6-10/h5-8,11H,1-4,9H2. The fourth-order valence-corrected chi connectivity index (χ4v) is 3.64. The number of nitrogens with zero attached hydrogens (tertiary/aromatic N) is 2. The molecule has 1 fully saturated rings. The summed E-state index contributed by atoms with van der Waals surface area (Å²) in [5.74, 6) is 1.27. The maximum absolute atomic E-state index is 6.27. The van der Waals surface area contributed by atoms with E-state index in [0.717, 1.165) is 26.6 Å². The van der Waals surface area contributed by atoms with Crippen molar-refractivity contribution in [3.63, 3.8) is 0 Å². The molecule has 5 heteroatoms. The summed E-state index contributed by atoms with van der Waals surface area (Å²) in [6, 6.07) is 7.76. The second-order valence-corrected chi connectivity index (χ2v) is 7.00. The third-order valence-electron chi connectivity index (χ3n) is 3.90. The largest absolute Gasteiger partial charge is 0.236 e. The minimum atomic E-state index is 0.504. The van der Waals surface area contributed by atoms with Crippen molar-refractivity contribution < 1.29 is 0 Å². The van der Waals surface area contributed by atoms with Crippen LogP contribution < -0.4 is 0 Å². The number of aromatic nitrogens is 2. The van der Waals surface area contributed by atoms with Crippen molar-refractivity contribution in [1.82, 2.24) is 9.97 Å². The molecule has 0 spiro atoms. The van der Waals surface area contributed by atoms with E-state index in [0.29, 0.717) is 17.5 Å². The highest BCUT2D eigenvalue weighted by atomic mass is 79.9. The van der Waals surface area contributed by atoms with Crippen LogP contribution in [0.5, 0.6) is 0 Å². The molecule has 0 unspecified atom stereocenters. The Hall–Kier alpha value is -0.640. The molecule has 0 radical (unpaired) electrons. The van der Waals surface area contributed by atoms with Gasteiger partial charge in [-0.25, -0.2) is 9.97 Å². The van der Waals surface area contributed by atoms with Gasteiger partial charge in [-0.15, -0.1) is 0 Å². The van der Waals surface area contributed by atoms with Crippen LogP contribution >= 0.6 is 39.1 Å². The van der Waals surface area contributed by atoms with Crippen molar-refractivity contribution in [3.05, 3.63) is 56.0 Å². The molecule has 0 N–H and O–H groups in total. The number of halogens is 3. The van der Waals surface area contributed by atoms with E-state index < -0.39 is 0 Å². The maximum Gasteiger partial charge on any atom is 0.147 e. The number of hydrogen-bond acceptors (Lipinski definition) is 2. The summed E-state index contributed by atoms with van der Waals surface area (Å²) in [5.41, 5.74) is 2.20. The normalized spacial score (nSPS) is 15.6. The van der Waals surface area contributed by atoms with Gasteiger partial charge < -0.3 is 0 Å². The highest BCUT2D eigenvalue weighted by Crippen LogP contribution is 2.38. The molecule has 1 aliphatic carbocycles. The first-order valence-electron chi connectivity index (χ1n) is 7.10. The lowest BCUT2D eigenvalue weighted by molar-refractivity contribution is 0.681. The number of hydrogen-bond donors (Lipinski definition) is 0. The number of benzene rings is 1. The highest BCUT2D eigenvalue weighted by Gasteiger charge is 2.23. The van der Waals surface area contributed by atoms with Gasteiger partial charge in [0.25, 0.3) is 0 Å². The summed E-state index contributed by atoms with van der Waals surface area (Å²) in [6.45, 7) is 0. The summed E-state index contributed by atoms with van der Waals surface area (Å²) >= 11 is 15.7. The molecule has 1 heterocycles. The Kier molecular flexibility index (Phi) is 4.82. The van der Waals surface area contributed by atoms with Crippen LogP contribution in [0.1, 0.15) is 48.7 Å². The van der Waals surface area contributed by atoms with Crippen molar-refractivity contribution in [2.75, 3.05) is 0 Å². The minimum absolute atomic E-state index is 0.504. The molecule has 2 aromatic rings. The van der Waals surface area contributed by atoms with Gasteiger partial charge in [-0.2, -0.15) is 0 Å². The van der Waals surface area contributed by atoms with E-state index in [4.69, 9.17) is 28.2 Å². The molecule has 0 bridgehead atoms. The van der Waals surface area contributed by atoms with Gasteiger partial charge in [-0.05, 0) is 46.5 Å². The Morgan fingerprint density at radius 3 is 2.38 bits per heavy atom. The fourth-order valence-electron chi connectivity index (χ4n) is 2.81. The first kappa shape index (κ1) is 15.3. The van der Waals surface area contributed by atoms with Crippen LogP contribution in [0.2, 0.25) is 10.2 Å². The van der Waals surface area contributed by atoms with Crippen LogP contribution in [0.3, 0.4) is 0 Å². The monoisotopic (exact) mass is 384 g/mol. The first-order valence-corrected chi connectivity index (χ1v) is 8.64. The lowest BCUT2D eigenvalue weighted by Gasteiger charge is -2.13. The molecule has 110 valence electrons. The lowest BCUT2D eigenvalue weighted by Crippen LogP contribution is -2.05. The van der Waals surface area contributed by atoms with Gasteiger partial charge >= 0.3 is 0 Å². The van der Waals surface area contributed by atoms with E-state index in [1.807, 2.05) is 24.3 Å². The average Bonchev–Trinajstić information content (AvgIpc) is 2.99. The Labute approximate surface area is 143 Å². The molecule has 0 atom stereocenters. The predicted octanol–water partition coefficient (Wildman–Crippen LogP) is 5.79. The van der Waals surface area contributed by atoms with Crippen LogP contribution in [-0.4, -0.2) is 9.97 Å². The molecule has 1 saturated carbocycles. The van der Waals surface area contributed by atoms with Crippen molar-refractivity contribution >= 4 is 39.1 Å². The van der Waals surface area contributed by atoms with Gasteiger partial charge in [0.1, 0.15) is 11.0 Å². The topological polar surface area (TPSA) is 25.8 Å². The van der Waals surface area contributed by atoms with Gasteiger partial charge in [0.15, 0.2) is 0 Å².